The van der Waals surface area contributed by atoms with Crippen molar-refractivity contribution < 1.29 is 19.4 Å². The third-order valence-electron chi connectivity index (χ3n) is 2.29. The number of carboxylic acids is 1. The predicted octanol–water partition coefficient (Wildman–Crippen LogP) is 1.62. The van der Waals surface area contributed by atoms with E-state index in [0.717, 1.165) is 0 Å². The number of aliphatic carboxylic acids is 1. The number of methoxy groups -OCH3 is 1. The molecule has 0 heterocycles. The lowest BCUT2D eigenvalue weighted by Gasteiger charge is -2.14. The molecular formula is C12H14ClNO4. The van der Waals surface area contributed by atoms with Crippen LogP contribution in [0.4, 0.5) is 0 Å². The Kier molecular flexibility index (Phi) is 5.61. The molecule has 0 radical (unpaired) electrons. The second-order valence-electron chi connectivity index (χ2n) is 3.63. The van der Waals surface area contributed by atoms with Crippen molar-refractivity contribution >= 4 is 23.5 Å². The van der Waals surface area contributed by atoms with Crippen molar-refractivity contribution in [3.05, 3.63) is 34.9 Å². The van der Waals surface area contributed by atoms with Crippen LogP contribution in [-0.2, 0) is 14.3 Å². The molecule has 2 N–H and O–H groups in total. The molecule has 1 rings (SSSR count). The Bertz CT molecular complexity index is 419. The molecule has 1 amide bonds. The third kappa shape index (κ3) is 4.35. The molecule has 0 bridgehead atoms. The third-order valence-corrected chi connectivity index (χ3v) is 2.54. The van der Waals surface area contributed by atoms with Gasteiger partial charge in [-0.1, -0.05) is 23.7 Å². The van der Waals surface area contributed by atoms with E-state index in [2.05, 4.69) is 5.32 Å². The largest absolute Gasteiger partial charge is 0.479 e. The molecule has 6 heteroatoms. The normalized spacial score (nSPS) is 11.9. The summed E-state index contributed by atoms with van der Waals surface area (Å²) in [6.45, 7) is 0.249. The van der Waals surface area contributed by atoms with E-state index in [1.807, 2.05) is 0 Å². The maximum absolute atomic E-state index is 11.5. The zero-order chi connectivity index (χ0) is 13.5. The van der Waals surface area contributed by atoms with Gasteiger partial charge in [0, 0.05) is 18.6 Å². The van der Waals surface area contributed by atoms with Gasteiger partial charge in [0.2, 0.25) is 5.91 Å². The van der Waals surface area contributed by atoms with Crippen molar-refractivity contribution in [3.8, 4) is 0 Å². The first-order valence-electron chi connectivity index (χ1n) is 5.31. The van der Waals surface area contributed by atoms with Crippen LogP contribution >= 0.6 is 11.6 Å². The van der Waals surface area contributed by atoms with Gasteiger partial charge < -0.3 is 15.2 Å². The summed E-state index contributed by atoms with van der Waals surface area (Å²) in [6, 6.07) is 5.21. The number of carboxylic acid groups (broad SMARTS) is 1. The lowest BCUT2D eigenvalue weighted by Crippen LogP contribution is -2.34. The molecule has 0 fully saturated rings. The van der Waals surface area contributed by atoms with Gasteiger partial charge in [-0.25, -0.2) is 4.79 Å². The SMILES string of the molecule is COCCC(=O)NC(C(=O)O)c1ccc(Cl)cc1. The molecule has 1 unspecified atom stereocenters. The highest BCUT2D eigenvalue weighted by Crippen LogP contribution is 2.17. The smallest absolute Gasteiger partial charge is 0.330 e. The standard InChI is InChI=1S/C12H14ClNO4/c1-18-7-6-10(15)14-11(12(16)17)8-2-4-9(13)5-3-8/h2-5,11H,6-7H2,1H3,(H,14,15)(H,16,17). The maximum Gasteiger partial charge on any atom is 0.330 e. The Morgan fingerprint density at radius 1 is 1.39 bits per heavy atom. The average Bonchev–Trinajstić information content (AvgIpc) is 2.34. The summed E-state index contributed by atoms with van der Waals surface area (Å²) in [4.78, 5) is 22.6. The minimum Gasteiger partial charge on any atom is -0.479 e. The molecule has 0 aliphatic heterocycles. The van der Waals surface area contributed by atoms with Crippen molar-refractivity contribution in [2.75, 3.05) is 13.7 Å². The molecule has 98 valence electrons. The lowest BCUT2D eigenvalue weighted by molar-refractivity contribution is -0.142. The summed E-state index contributed by atoms with van der Waals surface area (Å²) in [6.07, 6.45) is 0.119. The van der Waals surface area contributed by atoms with Gasteiger partial charge in [-0.3, -0.25) is 4.79 Å². The zero-order valence-corrected chi connectivity index (χ0v) is 10.6. The van der Waals surface area contributed by atoms with E-state index in [0.29, 0.717) is 10.6 Å². The number of rotatable bonds is 6. The van der Waals surface area contributed by atoms with Crippen LogP contribution in [0.5, 0.6) is 0 Å². The monoisotopic (exact) mass is 271 g/mol. The van der Waals surface area contributed by atoms with Gasteiger partial charge in [-0.15, -0.1) is 0 Å². The van der Waals surface area contributed by atoms with Crippen molar-refractivity contribution in [2.24, 2.45) is 0 Å². The van der Waals surface area contributed by atoms with E-state index in [1.165, 1.54) is 7.11 Å². The van der Waals surface area contributed by atoms with E-state index < -0.39 is 12.0 Å². The van der Waals surface area contributed by atoms with Crippen molar-refractivity contribution in [1.82, 2.24) is 5.32 Å². The van der Waals surface area contributed by atoms with Crippen LogP contribution in [0.25, 0.3) is 0 Å². The van der Waals surface area contributed by atoms with Crippen LogP contribution in [0.2, 0.25) is 5.02 Å². The fourth-order valence-corrected chi connectivity index (χ4v) is 1.50. The molecule has 0 saturated carbocycles. The Morgan fingerprint density at radius 3 is 2.50 bits per heavy atom. The van der Waals surface area contributed by atoms with Gasteiger partial charge in [-0.05, 0) is 17.7 Å². The fraction of sp³-hybridized carbons (Fsp3) is 0.333. The Balaban J connectivity index is 2.74. The molecule has 0 aromatic heterocycles. The van der Waals surface area contributed by atoms with Gasteiger partial charge in [0.15, 0.2) is 6.04 Å². The first-order chi connectivity index (χ1) is 8.54. The first-order valence-corrected chi connectivity index (χ1v) is 5.69. The summed E-state index contributed by atoms with van der Waals surface area (Å²) in [7, 11) is 1.47. The Hall–Kier alpha value is -1.59. The fourth-order valence-electron chi connectivity index (χ4n) is 1.37. The number of carbonyl (C=O) groups excluding carboxylic acids is 1. The second-order valence-corrected chi connectivity index (χ2v) is 4.07. The molecular weight excluding hydrogens is 258 g/mol. The first kappa shape index (κ1) is 14.5. The molecule has 0 aliphatic carbocycles. The lowest BCUT2D eigenvalue weighted by atomic mass is 10.1. The van der Waals surface area contributed by atoms with Crippen molar-refractivity contribution in [3.63, 3.8) is 0 Å². The molecule has 1 aromatic carbocycles. The Labute approximate surface area is 110 Å². The highest BCUT2D eigenvalue weighted by Gasteiger charge is 2.21. The van der Waals surface area contributed by atoms with Crippen LogP contribution in [0.15, 0.2) is 24.3 Å². The van der Waals surface area contributed by atoms with E-state index in [4.69, 9.17) is 21.4 Å². The van der Waals surface area contributed by atoms with Gasteiger partial charge in [0.1, 0.15) is 0 Å². The van der Waals surface area contributed by atoms with E-state index in [-0.39, 0.29) is 18.9 Å². The number of amides is 1. The summed E-state index contributed by atoms with van der Waals surface area (Å²) in [5.41, 5.74) is 0.470. The quantitative estimate of drug-likeness (QED) is 0.824. The van der Waals surface area contributed by atoms with Crippen LogP contribution in [0.1, 0.15) is 18.0 Å². The molecule has 0 spiro atoms. The molecule has 0 saturated heterocycles. The summed E-state index contributed by atoms with van der Waals surface area (Å²) >= 11 is 5.72. The summed E-state index contributed by atoms with van der Waals surface area (Å²) in [5.74, 6) is -1.50. The van der Waals surface area contributed by atoms with Crippen LogP contribution in [0, 0.1) is 0 Å². The predicted molar refractivity (Wildman–Crippen MR) is 66.5 cm³/mol. The van der Waals surface area contributed by atoms with Crippen LogP contribution in [0.3, 0.4) is 0 Å². The molecule has 1 aromatic rings. The number of hydrogen-bond donors (Lipinski definition) is 2. The molecule has 1 atom stereocenters. The minimum absolute atomic E-state index is 0.119. The highest BCUT2D eigenvalue weighted by atomic mass is 35.5. The number of nitrogens with one attached hydrogen (secondary N) is 1. The summed E-state index contributed by atoms with van der Waals surface area (Å²) in [5, 5.41) is 12.0. The number of carbonyl (C=O) groups is 2. The topological polar surface area (TPSA) is 75.6 Å². The second kappa shape index (κ2) is 6.98. The van der Waals surface area contributed by atoms with Gasteiger partial charge in [0.05, 0.1) is 6.61 Å². The number of halogens is 1. The van der Waals surface area contributed by atoms with Crippen LogP contribution < -0.4 is 5.32 Å². The molecule has 0 aliphatic rings. The van der Waals surface area contributed by atoms with Crippen molar-refractivity contribution in [2.45, 2.75) is 12.5 Å². The van der Waals surface area contributed by atoms with E-state index >= 15 is 0 Å². The molecule has 18 heavy (non-hydrogen) atoms. The highest BCUT2D eigenvalue weighted by molar-refractivity contribution is 6.30. The zero-order valence-electron chi connectivity index (χ0n) is 9.85. The van der Waals surface area contributed by atoms with Gasteiger partial charge in [0.25, 0.3) is 0 Å². The van der Waals surface area contributed by atoms with Gasteiger partial charge in [-0.2, -0.15) is 0 Å². The number of hydrogen-bond acceptors (Lipinski definition) is 3. The van der Waals surface area contributed by atoms with Gasteiger partial charge >= 0.3 is 5.97 Å². The van der Waals surface area contributed by atoms with Crippen LogP contribution in [-0.4, -0.2) is 30.7 Å². The van der Waals surface area contributed by atoms with Crippen molar-refractivity contribution in [1.29, 1.82) is 0 Å². The average molecular weight is 272 g/mol. The summed E-state index contributed by atoms with van der Waals surface area (Å²) < 4.78 is 4.75. The van der Waals surface area contributed by atoms with E-state index in [9.17, 15) is 9.59 Å². The number of benzene rings is 1. The number of ether oxygens (including phenoxy) is 1. The molecule has 5 nitrogen and oxygen atoms in total. The maximum atomic E-state index is 11.5. The van der Waals surface area contributed by atoms with E-state index in [1.54, 1.807) is 24.3 Å². The Morgan fingerprint density at radius 2 is 2.00 bits per heavy atom. The minimum atomic E-state index is -1.12.